The summed E-state index contributed by atoms with van der Waals surface area (Å²) in [5, 5.41) is 3.85. The largest absolute Gasteiger partial charge is 0.385 e. The van der Waals surface area contributed by atoms with Crippen molar-refractivity contribution in [3.05, 3.63) is 59.9 Å². The lowest BCUT2D eigenvalue weighted by Crippen LogP contribution is -2.42. The molecule has 0 saturated carbocycles. The second-order valence-electron chi connectivity index (χ2n) is 5.54. The maximum Gasteiger partial charge on any atom is 0.385 e. The maximum absolute atomic E-state index is 12.2. The summed E-state index contributed by atoms with van der Waals surface area (Å²) in [5.41, 5.74) is 3.28. The molecule has 10 heteroatoms. The average Bonchev–Trinajstić information content (AvgIpc) is 2.70. The van der Waals surface area contributed by atoms with E-state index in [1.54, 1.807) is 30.3 Å². The van der Waals surface area contributed by atoms with Gasteiger partial charge in [0.1, 0.15) is 11.4 Å². The first-order chi connectivity index (χ1) is 13.0. The van der Waals surface area contributed by atoms with Gasteiger partial charge in [-0.05, 0) is 42.0 Å². The molecule has 0 aliphatic carbocycles. The van der Waals surface area contributed by atoms with Crippen LogP contribution < -0.4 is 9.61 Å². The van der Waals surface area contributed by atoms with Gasteiger partial charge in [0.25, 0.3) is 5.91 Å². The van der Waals surface area contributed by atoms with Crippen LogP contribution in [0.4, 0.5) is 0 Å². The van der Waals surface area contributed by atoms with Crippen LogP contribution in [0.25, 0.3) is 0 Å². The van der Waals surface area contributed by atoms with E-state index in [0.29, 0.717) is 18.8 Å². The summed E-state index contributed by atoms with van der Waals surface area (Å²) >= 11 is 0. The summed E-state index contributed by atoms with van der Waals surface area (Å²) in [7, 11) is -3.85. The molecule has 2 aromatic rings. The summed E-state index contributed by atoms with van der Waals surface area (Å²) in [4.78, 5) is 15.7. The van der Waals surface area contributed by atoms with Gasteiger partial charge in [-0.1, -0.05) is 6.07 Å². The van der Waals surface area contributed by atoms with Crippen molar-refractivity contribution >= 4 is 22.4 Å². The number of nitrogens with one attached hydrogen (secondary N) is 1. The number of ether oxygens (including phenoxy) is 1. The van der Waals surface area contributed by atoms with E-state index in [2.05, 4.69) is 15.5 Å². The third-order valence-corrected chi connectivity index (χ3v) is 5.05. The number of rotatable bonds is 6. The van der Waals surface area contributed by atoms with E-state index in [4.69, 9.17) is 8.92 Å². The number of carbonyl (C=O) groups is 1. The van der Waals surface area contributed by atoms with Gasteiger partial charge in [-0.2, -0.15) is 17.8 Å². The molecule has 0 spiro atoms. The lowest BCUT2D eigenvalue weighted by molar-refractivity contribution is 0.0698. The Balaban J connectivity index is 1.56. The molecule has 2 heterocycles. The van der Waals surface area contributed by atoms with Crippen LogP contribution in [0.3, 0.4) is 0 Å². The van der Waals surface area contributed by atoms with Crippen molar-refractivity contribution in [1.82, 2.24) is 14.7 Å². The smallest absolute Gasteiger partial charge is 0.379 e. The number of benzene rings is 1. The topological polar surface area (TPSA) is 110 Å². The SMILES string of the molecule is O=C(N/N=C\c1ccc(OS(=O)(=O)N2CCOCC2)cc1)c1ccccn1. The van der Waals surface area contributed by atoms with Crippen molar-refractivity contribution in [2.75, 3.05) is 26.3 Å². The summed E-state index contributed by atoms with van der Waals surface area (Å²) in [6.07, 6.45) is 2.95. The molecule has 1 saturated heterocycles. The van der Waals surface area contributed by atoms with Crippen LogP contribution in [0.15, 0.2) is 53.8 Å². The summed E-state index contributed by atoms with van der Waals surface area (Å²) in [6, 6.07) is 11.3. The first-order valence-electron chi connectivity index (χ1n) is 8.16. The molecule has 1 fully saturated rings. The molecule has 27 heavy (non-hydrogen) atoms. The van der Waals surface area contributed by atoms with Gasteiger partial charge in [-0.25, -0.2) is 5.43 Å². The minimum absolute atomic E-state index is 0.191. The second kappa shape index (κ2) is 8.71. The quantitative estimate of drug-likeness (QED) is 0.577. The van der Waals surface area contributed by atoms with E-state index in [1.807, 2.05) is 0 Å². The van der Waals surface area contributed by atoms with Gasteiger partial charge in [0.15, 0.2) is 0 Å². The van der Waals surface area contributed by atoms with Crippen LogP contribution in [0.1, 0.15) is 16.1 Å². The van der Waals surface area contributed by atoms with Crippen molar-refractivity contribution in [3.63, 3.8) is 0 Å². The number of carbonyl (C=O) groups excluding carboxylic acids is 1. The molecular formula is C17H18N4O5S. The fourth-order valence-corrected chi connectivity index (χ4v) is 3.33. The van der Waals surface area contributed by atoms with Gasteiger partial charge in [-0.15, -0.1) is 0 Å². The number of hydrogen-bond acceptors (Lipinski definition) is 7. The van der Waals surface area contributed by atoms with E-state index >= 15 is 0 Å². The van der Waals surface area contributed by atoms with E-state index in [-0.39, 0.29) is 24.5 Å². The molecule has 1 N–H and O–H groups in total. The number of pyridine rings is 1. The zero-order valence-electron chi connectivity index (χ0n) is 14.3. The van der Waals surface area contributed by atoms with Crippen molar-refractivity contribution < 1.29 is 22.1 Å². The van der Waals surface area contributed by atoms with Crippen LogP contribution in [-0.2, 0) is 15.0 Å². The summed E-state index contributed by atoms with van der Waals surface area (Å²) in [6.45, 7) is 1.23. The van der Waals surface area contributed by atoms with E-state index in [9.17, 15) is 13.2 Å². The Hall–Kier alpha value is -2.82. The zero-order chi connectivity index (χ0) is 19.1. The Bertz CT molecular complexity index is 895. The molecule has 0 atom stereocenters. The van der Waals surface area contributed by atoms with Crippen LogP contribution >= 0.6 is 0 Å². The molecule has 1 aromatic heterocycles. The Kier molecular flexibility index (Phi) is 6.12. The van der Waals surface area contributed by atoms with Gasteiger partial charge in [0, 0.05) is 19.3 Å². The highest BCUT2D eigenvalue weighted by molar-refractivity contribution is 7.84. The highest BCUT2D eigenvalue weighted by Gasteiger charge is 2.26. The highest BCUT2D eigenvalue weighted by Crippen LogP contribution is 2.16. The first-order valence-corrected chi connectivity index (χ1v) is 9.53. The van der Waals surface area contributed by atoms with Gasteiger partial charge in [0.2, 0.25) is 0 Å². The van der Waals surface area contributed by atoms with Crippen molar-refractivity contribution in [2.24, 2.45) is 5.10 Å². The van der Waals surface area contributed by atoms with E-state index < -0.39 is 16.2 Å². The van der Waals surface area contributed by atoms with Gasteiger partial charge in [-0.3, -0.25) is 9.78 Å². The Morgan fingerprint density at radius 1 is 1.19 bits per heavy atom. The monoisotopic (exact) mass is 390 g/mol. The molecule has 0 bridgehead atoms. The standard InChI is InChI=1S/C17H18N4O5S/c22-17(16-3-1-2-8-18-16)20-19-13-14-4-6-15(7-5-14)26-27(23,24)21-9-11-25-12-10-21/h1-8,13H,9-12H2,(H,20,22)/b19-13-. The number of hydrogen-bond donors (Lipinski definition) is 1. The van der Waals surface area contributed by atoms with Crippen molar-refractivity contribution in [2.45, 2.75) is 0 Å². The van der Waals surface area contributed by atoms with E-state index in [0.717, 1.165) is 0 Å². The van der Waals surface area contributed by atoms with Crippen LogP contribution in [-0.4, -0.2) is 56.1 Å². The zero-order valence-corrected chi connectivity index (χ0v) is 15.1. The molecule has 1 aliphatic heterocycles. The fraction of sp³-hybridized carbons (Fsp3) is 0.235. The molecule has 1 amide bonds. The van der Waals surface area contributed by atoms with E-state index in [1.165, 1.54) is 28.8 Å². The molecule has 3 rings (SSSR count). The molecule has 1 aliphatic rings. The Morgan fingerprint density at radius 2 is 1.93 bits per heavy atom. The normalized spacial score (nSPS) is 15.6. The predicted octanol–water partition coefficient (Wildman–Crippen LogP) is 0.801. The molecular weight excluding hydrogens is 372 g/mol. The number of nitrogens with zero attached hydrogens (tertiary/aromatic N) is 3. The fourth-order valence-electron chi connectivity index (χ4n) is 2.27. The molecule has 0 unspecified atom stereocenters. The first kappa shape index (κ1) is 19.0. The van der Waals surface area contributed by atoms with Gasteiger partial charge in [0.05, 0.1) is 19.4 Å². The second-order valence-corrected chi connectivity index (χ2v) is 7.07. The van der Waals surface area contributed by atoms with Crippen LogP contribution in [0, 0.1) is 0 Å². The van der Waals surface area contributed by atoms with Crippen LogP contribution in [0.2, 0.25) is 0 Å². The summed E-state index contributed by atoms with van der Waals surface area (Å²) < 4.78 is 35.9. The number of hydrazone groups is 1. The number of aromatic nitrogens is 1. The lowest BCUT2D eigenvalue weighted by Gasteiger charge is -2.25. The molecule has 9 nitrogen and oxygen atoms in total. The minimum atomic E-state index is -3.85. The maximum atomic E-state index is 12.2. The Morgan fingerprint density at radius 3 is 2.59 bits per heavy atom. The third-order valence-electron chi connectivity index (χ3n) is 3.65. The third kappa shape index (κ3) is 5.33. The van der Waals surface area contributed by atoms with Crippen molar-refractivity contribution in [1.29, 1.82) is 0 Å². The molecule has 1 aromatic carbocycles. The predicted molar refractivity (Wildman–Crippen MR) is 97.7 cm³/mol. The summed E-state index contributed by atoms with van der Waals surface area (Å²) in [5.74, 6) is -0.237. The van der Waals surface area contributed by atoms with Gasteiger partial charge >= 0.3 is 10.3 Å². The number of morpholine rings is 1. The minimum Gasteiger partial charge on any atom is -0.379 e. The Labute approximate surface area is 156 Å². The van der Waals surface area contributed by atoms with Gasteiger partial charge < -0.3 is 8.92 Å². The molecule has 0 radical (unpaired) electrons. The average molecular weight is 390 g/mol. The lowest BCUT2D eigenvalue weighted by atomic mass is 10.2. The molecule has 142 valence electrons. The van der Waals surface area contributed by atoms with Crippen molar-refractivity contribution in [3.8, 4) is 5.75 Å². The highest BCUT2D eigenvalue weighted by atomic mass is 32.2. The van der Waals surface area contributed by atoms with Crippen LogP contribution in [0.5, 0.6) is 5.75 Å². The number of amides is 1.